The Balaban J connectivity index is 1.21. The number of hydrogen-bond acceptors (Lipinski definition) is 6. The molecular weight excluding hydrogens is 614 g/mol. The van der Waals surface area contributed by atoms with Crippen molar-refractivity contribution in [2.24, 2.45) is 5.92 Å². The van der Waals surface area contributed by atoms with Crippen molar-refractivity contribution in [3.63, 3.8) is 0 Å². The normalized spacial score (nSPS) is 24.6. The van der Waals surface area contributed by atoms with Crippen molar-refractivity contribution in [3.8, 4) is 0 Å². The van der Waals surface area contributed by atoms with E-state index in [0.29, 0.717) is 48.4 Å². The first kappa shape index (κ1) is 31.4. The van der Waals surface area contributed by atoms with Gasteiger partial charge in [0.2, 0.25) is 14.3 Å². The van der Waals surface area contributed by atoms with Crippen LogP contribution in [0.1, 0.15) is 48.1 Å². The van der Waals surface area contributed by atoms with E-state index in [2.05, 4.69) is 10.3 Å². The van der Waals surface area contributed by atoms with Crippen LogP contribution < -0.4 is 9.80 Å². The molecule has 11 heteroatoms. The van der Waals surface area contributed by atoms with Crippen LogP contribution in [0.5, 0.6) is 0 Å². The number of aliphatic hydroxyl groups excluding tert-OH is 1. The molecule has 1 spiro atoms. The Kier molecular flexibility index (Phi) is 7.89. The summed E-state index contributed by atoms with van der Waals surface area (Å²) < 4.78 is 24.9. The van der Waals surface area contributed by atoms with E-state index in [0.717, 1.165) is 16.8 Å². The third kappa shape index (κ3) is 5.11. The lowest BCUT2D eigenvalue weighted by Crippen LogP contribution is -2.44. The zero-order valence-electron chi connectivity index (χ0n) is 27.1. The molecule has 244 valence electrons. The molecule has 3 aromatic carbocycles. The molecule has 47 heavy (non-hydrogen) atoms. The van der Waals surface area contributed by atoms with Gasteiger partial charge in [0, 0.05) is 48.9 Å². The number of aromatic nitrogens is 3. The van der Waals surface area contributed by atoms with E-state index in [1.807, 2.05) is 85.9 Å². The Morgan fingerprint density at radius 3 is 2.53 bits per heavy atom. The predicted octanol–water partition coefficient (Wildman–Crippen LogP) is 5.85. The Hall–Kier alpha value is -4.19. The van der Waals surface area contributed by atoms with Crippen LogP contribution in [0.3, 0.4) is 0 Å². The largest absolute Gasteiger partial charge is 0.395 e. The summed E-state index contributed by atoms with van der Waals surface area (Å²) in [6.07, 6.45) is 2.78. The van der Waals surface area contributed by atoms with Crippen LogP contribution in [0, 0.1) is 5.92 Å². The standard InChI is InChI=1S/C36H40FN5O4Si/c1-23-34(47(3,4)37)32(18-19-41-21-29(38-39-41)27(22-43)24-10-6-5-7-11-24)46-36(23)28-20-26(15-16-31(28)40(2)35(36)45)42-30-13-9-8-12-25(30)14-17-33(42)44/h5-13,15-16,20-21,23,27,32,34,43H,14,17-19,22H2,1-4H3/t23-,27?,32+,34-,36+/m0/s1. The van der Waals surface area contributed by atoms with Crippen molar-refractivity contribution >= 4 is 37.3 Å². The fraction of sp³-hybridized carbons (Fsp3) is 0.389. The number of likely N-dealkylation sites (N-methyl/N-ethyl adjacent to an activating group) is 1. The van der Waals surface area contributed by atoms with Crippen LogP contribution in [0.25, 0.3) is 0 Å². The van der Waals surface area contributed by atoms with Crippen LogP contribution in [0.15, 0.2) is 79.0 Å². The molecule has 1 saturated heterocycles. The maximum absolute atomic E-state index is 16.3. The van der Waals surface area contributed by atoms with E-state index in [-0.39, 0.29) is 24.3 Å². The average molecular weight is 654 g/mol. The Bertz CT molecular complexity index is 1830. The number of aliphatic hydroxyl groups is 1. The van der Waals surface area contributed by atoms with Gasteiger partial charge in [-0.05, 0) is 61.3 Å². The number of aryl methyl sites for hydroxylation is 2. The highest BCUT2D eigenvalue weighted by atomic mass is 28.4. The van der Waals surface area contributed by atoms with Crippen molar-refractivity contribution in [3.05, 3.63) is 101 Å². The summed E-state index contributed by atoms with van der Waals surface area (Å²) in [5.41, 5.74) is 3.73. The van der Waals surface area contributed by atoms with Gasteiger partial charge in [-0.1, -0.05) is 60.7 Å². The van der Waals surface area contributed by atoms with E-state index in [9.17, 15) is 14.7 Å². The molecule has 3 aliphatic heterocycles. The second-order valence-electron chi connectivity index (χ2n) is 13.5. The van der Waals surface area contributed by atoms with E-state index in [1.165, 1.54) is 0 Å². The lowest BCUT2D eigenvalue weighted by molar-refractivity contribution is -0.145. The molecule has 9 nitrogen and oxygen atoms in total. The third-order valence-electron chi connectivity index (χ3n) is 10.4. The summed E-state index contributed by atoms with van der Waals surface area (Å²) in [5, 5.41) is 18.8. The molecule has 4 aromatic rings. The minimum Gasteiger partial charge on any atom is -0.395 e. The van der Waals surface area contributed by atoms with Gasteiger partial charge in [0.05, 0.1) is 35.7 Å². The summed E-state index contributed by atoms with van der Waals surface area (Å²) >= 11 is 0. The number of carbonyl (C=O) groups excluding carboxylic acids is 2. The van der Waals surface area contributed by atoms with Gasteiger partial charge in [-0.2, -0.15) is 0 Å². The maximum atomic E-state index is 16.3. The molecule has 0 radical (unpaired) electrons. The SMILES string of the molecule is C[C@H]1[C@H]([Si](C)(C)F)[C@@H](CCn2cc(C(CO)c3ccccc3)nn2)O[C@]12C(=O)N(C)c1ccc(N3C(=O)CCc4ccccc43)cc12. The molecule has 0 saturated carbocycles. The first-order chi connectivity index (χ1) is 22.5. The molecule has 4 heterocycles. The van der Waals surface area contributed by atoms with Gasteiger partial charge in [0.1, 0.15) is 0 Å². The van der Waals surface area contributed by atoms with Crippen molar-refractivity contribution in [2.45, 2.75) is 69.0 Å². The first-order valence-corrected chi connectivity index (χ1v) is 19.3. The number of benzene rings is 3. The molecule has 7 rings (SSSR count). The summed E-state index contributed by atoms with van der Waals surface area (Å²) in [6, 6.07) is 23.2. The number of ether oxygens (including phenoxy) is 1. The fourth-order valence-electron chi connectivity index (χ4n) is 8.16. The Labute approximate surface area is 275 Å². The molecule has 1 N–H and O–H groups in total. The van der Waals surface area contributed by atoms with Crippen LogP contribution >= 0.6 is 0 Å². The van der Waals surface area contributed by atoms with Gasteiger partial charge in [-0.25, -0.2) is 0 Å². The lowest BCUT2D eigenvalue weighted by atomic mass is 9.82. The zero-order chi connectivity index (χ0) is 33.1. The van der Waals surface area contributed by atoms with Gasteiger partial charge in [0.15, 0.2) is 5.60 Å². The Morgan fingerprint density at radius 2 is 1.79 bits per heavy atom. The van der Waals surface area contributed by atoms with E-state index in [4.69, 9.17) is 4.74 Å². The highest BCUT2D eigenvalue weighted by molar-refractivity contribution is 6.72. The maximum Gasteiger partial charge on any atom is 0.264 e. The number of anilines is 3. The van der Waals surface area contributed by atoms with Gasteiger partial charge in [-0.15, -0.1) is 5.10 Å². The van der Waals surface area contributed by atoms with Gasteiger partial charge in [0.25, 0.3) is 5.91 Å². The monoisotopic (exact) mass is 653 g/mol. The molecule has 1 aromatic heterocycles. The molecular formula is C36H40FN5O4Si. The van der Waals surface area contributed by atoms with Gasteiger partial charge in [-0.3, -0.25) is 19.2 Å². The minimum absolute atomic E-state index is 0.00767. The average Bonchev–Trinajstić information content (AvgIpc) is 3.71. The number of carbonyl (C=O) groups is 2. The number of amides is 2. The first-order valence-electron chi connectivity index (χ1n) is 16.3. The number of halogens is 1. The van der Waals surface area contributed by atoms with E-state index >= 15 is 4.11 Å². The zero-order valence-corrected chi connectivity index (χ0v) is 28.1. The van der Waals surface area contributed by atoms with Crippen molar-refractivity contribution in [2.75, 3.05) is 23.5 Å². The summed E-state index contributed by atoms with van der Waals surface area (Å²) in [7, 11) is -1.63. The molecule has 1 fully saturated rings. The van der Waals surface area contributed by atoms with Crippen molar-refractivity contribution in [1.29, 1.82) is 0 Å². The molecule has 3 aliphatic rings. The smallest absolute Gasteiger partial charge is 0.264 e. The van der Waals surface area contributed by atoms with Crippen molar-refractivity contribution < 1.29 is 23.5 Å². The number of para-hydroxylation sites is 1. The lowest BCUT2D eigenvalue weighted by Gasteiger charge is -2.32. The fourth-order valence-corrected chi connectivity index (χ4v) is 10.7. The summed E-state index contributed by atoms with van der Waals surface area (Å²) in [5.74, 6) is -0.980. The Morgan fingerprint density at radius 1 is 1.04 bits per heavy atom. The van der Waals surface area contributed by atoms with Crippen LogP contribution in [0.4, 0.5) is 21.2 Å². The van der Waals surface area contributed by atoms with E-state index < -0.39 is 31.6 Å². The van der Waals surface area contributed by atoms with Crippen LogP contribution in [-0.4, -0.2) is 60.1 Å². The highest BCUT2D eigenvalue weighted by Crippen LogP contribution is 2.60. The number of fused-ring (bicyclic) bond motifs is 3. The third-order valence-corrected chi connectivity index (χ3v) is 12.8. The van der Waals surface area contributed by atoms with Gasteiger partial charge < -0.3 is 18.9 Å². The second kappa shape index (κ2) is 11.8. The minimum atomic E-state index is -3.36. The van der Waals surface area contributed by atoms with Crippen molar-refractivity contribution in [1.82, 2.24) is 15.0 Å². The molecule has 0 aliphatic carbocycles. The van der Waals surface area contributed by atoms with Crippen LogP contribution in [0.2, 0.25) is 18.6 Å². The topological polar surface area (TPSA) is 101 Å². The quantitative estimate of drug-likeness (QED) is 0.189. The summed E-state index contributed by atoms with van der Waals surface area (Å²) in [6.45, 7) is 5.61. The molecule has 0 bridgehead atoms. The summed E-state index contributed by atoms with van der Waals surface area (Å²) in [4.78, 5) is 30.9. The highest BCUT2D eigenvalue weighted by Gasteiger charge is 2.66. The van der Waals surface area contributed by atoms with E-state index in [1.54, 1.807) is 34.6 Å². The molecule has 5 atom stereocenters. The number of rotatable bonds is 8. The van der Waals surface area contributed by atoms with Gasteiger partial charge >= 0.3 is 0 Å². The number of nitrogens with zero attached hydrogens (tertiary/aromatic N) is 5. The number of hydrogen-bond donors (Lipinski definition) is 1. The molecule has 2 amide bonds. The predicted molar refractivity (Wildman–Crippen MR) is 180 cm³/mol. The van der Waals surface area contributed by atoms with Crippen LogP contribution in [-0.2, 0) is 32.9 Å². The molecule has 1 unspecified atom stereocenters. The second-order valence-corrected chi connectivity index (χ2v) is 17.3.